The zero-order valence-electron chi connectivity index (χ0n) is 19.0. The average Bonchev–Trinajstić information content (AvgIpc) is 3.28. The van der Waals surface area contributed by atoms with E-state index in [-0.39, 0.29) is 0 Å². The molecule has 2 aromatic carbocycles. The third-order valence-corrected chi connectivity index (χ3v) is 6.83. The molecule has 0 unspecified atom stereocenters. The number of aromatic nitrogens is 4. The van der Waals surface area contributed by atoms with Crippen LogP contribution in [-0.4, -0.2) is 44.6 Å². The van der Waals surface area contributed by atoms with Crippen molar-refractivity contribution < 1.29 is 0 Å². The van der Waals surface area contributed by atoms with E-state index in [0.717, 1.165) is 59.3 Å². The number of hydrogen-bond acceptors (Lipinski definition) is 5. The monoisotopic (exact) mass is 444 g/mol. The quantitative estimate of drug-likeness (QED) is 0.378. The van der Waals surface area contributed by atoms with Crippen LogP contribution in [-0.2, 0) is 0 Å². The van der Waals surface area contributed by atoms with E-state index in [1.54, 1.807) is 0 Å². The van der Waals surface area contributed by atoms with Crippen molar-refractivity contribution in [2.24, 2.45) is 0 Å². The van der Waals surface area contributed by atoms with Crippen LogP contribution in [0.15, 0.2) is 72.9 Å². The standard InChI is InChI=1S/C28H24N6/c1-33-15-12-21(13-16-33)26-11-14-30-28-23(18-29)27(32-34(26)28)22-8-7-20-9-10-24(31-25(20)17-22)19-5-3-2-4-6-19/h2-11,14,17,21H,12-13,15-16H2,1H3. The summed E-state index contributed by atoms with van der Waals surface area (Å²) in [6, 6.07) is 24.8. The van der Waals surface area contributed by atoms with Gasteiger partial charge in [-0.25, -0.2) is 14.5 Å². The third kappa shape index (κ3) is 3.51. The van der Waals surface area contributed by atoms with Gasteiger partial charge in [-0.05, 0) is 51.2 Å². The van der Waals surface area contributed by atoms with Crippen LogP contribution >= 0.6 is 0 Å². The highest BCUT2D eigenvalue weighted by atomic mass is 15.3. The zero-order valence-corrected chi connectivity index (χ0v) is 19.0. The summed E-state index contributed by atoms with van der Waals surface area (Å²) in [5.41, 5.74) is 6.67. The van der Waals surface area contributed by atoms with Gasteiger partial charge >= 0.3 is 0 Å². The topological polar surface area (TPSA) is 70.1 Å². The zero-order chi connectivity index (χ0) is 23.1. The van der Waals surface area contributed by atoms with Crippen LogP contribution in [0.4, 0.5) is 0 Å². The molecule has 166 valence electrons. The predicted molar refractivity (Wildman–Crippen MR) is 133 cm³/mol. The van der Waals surface area contributed by atoms with E-state index in [9.17, 15) is 5.26 Å². The minimum absolute atomic E-state index is 0.410. The van der Waals surface area contributed by atoms with Crippen molar-refractivity contribution in [2.75, 3.05) is 20.1 Å². The van der Waals surface area contributed by atoms with Gasteiger partial charge in [0.05, 0.1) is 11.2 Å². The maximum Gasteiger partial charge on any atom is 0.173 e. The molecule has 1 aliphatic heterocycles. The van der Waals surface area contributed by atoms with Crippen LogP contribution in [0.3, 0.4) is 0 Å². The summed E-state index contributed by atoms with van der Waals surface area (Å²) in [6.45, 7) is 2.13. The van der Waals surface area contributed by atoms with Gasteiger partial charge in [-0.2, -0.15) is 10.4 Å². The lowest BCUT2D eigenvalue weighted by atomic mass is 9.93. The van der Waals surface area contributed by atoms with Crippen molar-refractivity contribution in [3.8, 4) is 28.6 Å². The van der Waals surface area contributed by atoms with E-state index in [4.69, 9.17) is 10.1 Å². The van der Waals surface area contributed by atoms with Crippen molar-refractivity contribution in [3.63, 3.8) is 0 Å². The molecular formula is C28H24N6. The Hall–Kier alpha value is -4.08. The second kappa shape index (κ2) is 8.36. The van der Waals surface area contributed by atoms with Crippen molar-refractivity contribution in [1.82, 2.24) is 24.5 Å². The molecule has 4 heterocycles. The van der Waals surface area contributed by atoms with E-state index in [2.05, 4.69) is 47.3 Å². The first kappa shape index (κ1) is 20.5. The van der Waals surface area contributed by atoms with Crippen LogP contribution in [0.5, 0.6) is 0 Å². The molecule has 0 N–H and O–H groups in total. The molecule has 0 radical (unpaired) electrons. The molecule has 1 saturated heterocycles. The van der Waals surface area contributed by atoms with Gasteiger partial charge in [-0.3, -0.25) is 0 Å². The van der Waals surface area contributed by atoms with E-state index in [0.29, 0.717) is 22.8 Å². The minimum atomic E-state index is 0.410. The Morgan fingerprint density at radius 2 is 1.74 bits per heavy atom. The molecule has 0 saturated carbocycles. The number of likely N-dealkylation sites (tertiary alicyclic amines) is 1. The van der Waals surface area contributed by atoms with Gasteiger partial charge in [0.2, 0.25) is 0 Å². The first-order valence-corrected chi connectivity index (χ1v) is 11.6. The lowest BCUT2D eigenvalue weighted by Gasteiger charge is -2.29. The molecule has 0 aliphatic carbocycles. The molecule has 0 atom stereocenters. The molecule has 0 spiro atoms. The Labute approximate surface area is 198 Å². The molecule has 0 amide bonds. The van der Waals surface area contributed by atoms with Gasteiger partial charge in [0.1, 0.15) is 17.3 Å². The lowest BCUT2D eigenvalue weighted by Crippen LogP contribution is -2.30. The predicted octanol–water partition coefficient (Wildman–Crippen LogP) is 5.29. The van der Waals surface area contributed by atoms with Gasteiger partial charge in [-0.1, -0.05) is 48.5 Å². The summed E-state index contributed by atoms with van der Waals surface area (Å²) in [6.07, 6.45) is 3.97. The summed E-state index contributed by atoms with van der Waals surface area (Å²) in [4.78, 5) is 11.8. The summed E-state index contributed by atoms with van der Waals surface area (Å²) >= 11 is 0. The molecule has 6 heteroatoms. The fourth-order valence-electron chi connectivity index (χ4n) is 4.92. The van der Waals surface area contributed by atoms with Crippen molar-refractivity contribution in [3.05, 3.63) is 84.2 Å². The molecule has 5 aromatic rings. The van der Waals surface area contributed by atoms with Gasteiger partial charge in [0, 0.05) is 34.3 Å². The highest BCUT2D eigenvalue weighted by Gasteiger charge is 2.24. The van der Waals surface area contributed by atoms with Crippen LogP contribution in [0.2, 0.25) is 0 Å². The van der Waals surface area contributed by atoms with Gasteiger partial charge < -0.3 is 4.90 Å². The Balaban J connectivity index is 1.47. The summed E-state index contributed by atoms with van der Waals surface area (Å²) < 4.78 is 1.89. The van der Waals surface area contributed by atoms with Crippen molar-refractivity contribution >= 4 is 16.6 Å². The fraction of sp³-hybridized carbons (Fsp3) is 0.214. The summed E-state index contributed by atoms with van der Waals surface area (Å²) in [7, 11) is 2.16. The average molecular weight is 445 g/mol. The van der Waals surface area contributed by atoms with Crippen LogP contribution < -0.4 is 0 Å². The van der Waals surface area contributed by atoms with E-state index in [1.807, 2.05) is 53.2 Å². The minimum Gasteiger partial charge on any atom is -0.306 e. The molecule has 1 fully saturated rings. The molecule has 6 nitrogen and oxygen atoms in total. The van der Waals surface area contributed by atoms with E-state index >= 15 is 0 Å². The number of pyridine rings is 1. The van der Waals surface area contributed by atoms with E-state index < -0.39 is 0 Å². The second-order valence-corrected chi connectivity index (χ2v) is 8.99. The number of hydrogen-bond donors (Lipinski definition) is 0. The number of piperidine rings is 1. The molecule has 3 aromatic heterocycles. The SMILES string of the molecule is CN1CCC(c2ccnc3c(C#N)c(-c4ccc5ccc(-c6ccccc6)nc5c4)nn23)CC1. The number of benzene rings is 2. The Bertz CT molecular complexity index is 1540. The first-order valence-electron chi connectivity index (χ1n) is 11.6. The number of rotatable bonds is 3. The van der Waals surface area contributed by atoms with E-state index in [1.165, 1.54) is 0 Å². The summed E-state index contributed by atoms with van der Waals surface area (Å²) in [5, 5.41) is 16.0. The Kier molecular flexibility index (Phi) is 5.05. The smallest absolute Gasteiger partial charge is 0.173 e. The van der Waals surface area contributed by atoms with Gasteiger partial charge in [-0.15, -0.1) is 0 Å². The summed E-state index contributed by atoms with van der Waals surface area (Å²) in [5.74, 6) is 0.410. The normalized spacial score (nSPS) is 15.1. The highest BCUT2D eigenvalue weighted by Crippen LogP contribution is 2.32. The molecule has 34 heavy (non-hydrogen) atoms. The van der Waals surface area contributed by atoms with Crippen LogP contribution in [0.25, 0.3) is 39.1 Å². The van der Waals surface area contributed by atoms with Crippen LogP contribution in [0.1, 0.15) is 30.0 Å². The number of fused-ring (bicyclic) bond motifs is 2. The maximum atomic E-state index is 10.0. The van der Waals surface area contributed by atoms with Gasteiger partial charge in [0.15, 0.2) is 5.65 Å². The largest absolute Gasteiger partial charge is 0.306 e. The fourth-order valence-corrected chi connectivity index (χ4v) is 4.92. The second-order valence-electron chi connectivity index (χ2n) is 8.99. The molecule has 0 bridgehead atoms. The van der Waals surface area contributed by atoms with Crippen LogP contribution in [0, 0.1) is 11.3 Å². The Morgan fingerprint density at radius 1 is 0.941 bits per heavy atom. The molecular weight excluding hydrogens is 420 g/mol. The van der Waals surface area contributed by atoms with Gasteiger partial charge in [0.25, 0.3) is 0 Å². The molecule has 1 aliphatic rings. The number of nitrogens with zero attached hydrogens (tertiary/aromatic N) is 6. The maximum absolute atomic E-state index is 10.0. The van der Waals surface area contributed by atoms with Crippen molar-refractivity contribution in [1.29, 1.82) is 5.26 Å². The highest BCUT2D eigenvalue weighted by molar-refractivity contribution is 5.87. The number of nitriles is 1. The first-order chi connectivity index (χ1) is 16.7. The molecule has 6 rings (SSSR count). The Morgan fingerprint density at radius 3 is 2.53 bits per heavy atom. The lowest BCUT2D eigenvalue weighted by molar-refractivity contribution is 0.252. The van der Waals surface area contributed by atoms with Crippen molar-refractivity contribution in [2.45, 2.75) is 18.8 Å². The third-order valence-electron chi connectivity index (χ3n) is 6.83.